The molecule has 0 unspecified atom stereocenters. The quantitative estimate of drug-likeness (QED) is 0.168. The first-order chi connectivity index (χ1) is 31.2. The Morgan fingerprint density at radius 2 is 0.889 bits per heavy atom. The molecule has 4 heterocycles. The van der Waals surface area contributed by atoms with Crippen LogP contribution in [0.25, 0.3) is 122 Å². The molecule has 4 aromatic heterocycles. The van der Waals surface area contributed by atoms with Crippen LogP contribution < -0.4 is 0 Å². The molecule has 0 spiro atoms. The zero-order chi connectivity index (χ0) is 41.4. The number of hydrogen-bond donors (Lipinski definition) is 0. The molecule has 0 aliphatic rings. The van der Waals surface area contributed by atoms with Gasteiger partial charge in [0.05, 0.1) is 33.3 Å². The van der Waals surface area contributed by atoms with Gasteiger partial charge in [-0.05, 0) is 65.2 Å². The van der Waals surface area contributed by atoms with Crippen molar-refractivity contribution in [2.75, 3.05) is 0 Å². The first kappa shape index (κ1) is 35.2. The van der Waals surface area contributed by atoms with Crippen molar-refractivity contribution in [3.63, 3.8) is 0 Å². The van der Waals surface area contributed by atoms with Gasteiger partial charge in [0.1, 0.15) is 11.2 Å². The maximum absolute atomic E-state index is 6.55. The molecule has 0 saturated carbocycles. The van der Waals surface area contributed by atoms with Gasteiger partial charge in [0, 0.05) is 43.4 Å². The average Bonchev–Trinajstić information content (AvgIpc) is 4.01. The molecule has 13 rings (SSSR count). The molecule has 0 saturated heterocycles. The van der Waals surface area contributed by atoms with E-state index in [1.807, 2.05) is 54.6 Å². The van der Waals surface area contributed by atoms with E-state index in [1.54, 1.807) is 0 Å². The molecule has 6 heteroatoms. The van der Waals surface area contributed by atoms with Gasteiger partial charge < -0.3 is 8.98 Å². The number of aromatic nitrogens is 5. The van der Waals surface area contributed by atoms with Crippen molar-refractivity contribution in [1.29, 1.82) is 0 Å². The van der Waals surface area contributed by atoms with Crippen LogP contribution in [-0.2, 0) is 0 Å². The Hall–Kier alpha value is -8.61. The summed E-state index contributed by atoms with van der Waals surface area (Å²) in [6, 6.07) is 74.6. The Balaban J connectivity index is 1.11. The maximum Gasteiger partial charge on any atom is 0.238 e. The second-order valence-electron chi connectivity index (χ2n) is 16.0. The zero-order valence-corrected chi connectivity index (χ0v) is 33.9. The topological polar surface area (TPSA) is 61.7 Å². The van der Waals surface area contributed by atoms with Crippen molar-refractivity contribution < 1.29 is 4.42 Å². The minimum absolute atomic E-state index is 0.525. The fourth-order valence-electron chi connectivity index (χ4n) is 9.52. The second-order valence-corrected chi connectivity index (χ2v) is 16.0. The Labute approximate surface area is 361 Å². The van der Waals surface area contributed by atoms with E-state index >= 15 is 0 Å². The Bertz CT molecular complexity index is 3900. The molecule has 0 radical (unpaired) electrons. The third-order valence-electron chi connectivity index (χ3n) is 12.4. The predicted molar refractivity (Wildman–Crippen MR) is 258 cm³/mol. The van der Waals surface area contributed by atoms with Crippen molar-refractivity contribution in [2.24, 2.45) is 0 Å². The minimum atomic E-state index is 0.525. The van der Waals surface area contributed by atoms with Gasteiger partial charge in [-0.15, -0.1) is 0 Å². The van der Waals surface area contributed by atoms with Gasteiger partial charge >= 0.3 is 0 Å². The van der Waals surface area contributed by atoms with Gasteiger partial charge in [-0.1, -0.05) is 164 Å². The summed E-state index contributed by atoms with van der Waals surface area (Å²) in [4.78, 5) is 15.8. The molecular weight excluding hydrogens is 771 g/mol. The normalized spacial score (nSPS) is 11.8. The summed E-state index contributed by atoms with van der Waals surface area (Å²) in [6.07, 6.45) is 0. The molecular formula is C57H35N5O. The molecule has 13 aromatic rings. The van der Waals surface area contributed by atoms with Crippen molar-refractivity contribution in [1.82, 2.24) is 24.1 Å². The lowest BCUT2D eigenvalue weighted by atomic mass is 9.97. The van der Waals surface area contributed by atoms with Crippen LogP contribution in [0.1, 0.15) is 0 Å². The molecule has 0 bridgehead atoms. The number of rotatable bonds is 6. The number of benzene rings is 9. The fourth-order valence-corrected chi connectivity index (χ4v) is 9.52. The van der Waals surface area contributed by atoms with Crippen LogP contribution in [0.15, 0.2) is 217 Å². The lowest BCUT2D eigenvalue weighted by Gasteiger charge is -2.16. The zero-order valence-electron chi connectivity index (χ0n) is 33.9. The molecule has 9 aromatic carbocycles. The average molecular weight is 806 g/mol. The number of furan rings is 1. The highest BCUT2D eigenvalue weighted by atomic mass is 16.3. The predicted octanol–water partition coefficient (Wildman–Crippen LogP) is 14.6. The van der Waals surface area contributed by atoms with E-state index in [-0.39, 0.29) is 0 Å². The summed E-state index contributed by atoms with van der Waals surface area (Å²) < 4.78 is 11.2. The van der Waals surface area contributed by atoms with Gasteiger partial charge in [0.25, 0.3) is 0 Å². The van der Waals surface area contributed by atoms with E-state index in [9.17, 15) is 0 Å². The molecule has 6 nitrogen and oxygen atoms in total. The lowest BCUT2D eigenvalue weighted by molar-refractivity contribution is 0.669. The van der Waals surface area contributed by atoms with Gasteiger partial charge in [-0.2, -0.15) is 9.97 Å². The Kier molecular flexibility index (Phi) is 7.80. The SMILES string of the molecule is c1ccc(-c2ccc(-n3c4ccccc4c4cc5c6ccccc6n(-c6nc(-c7ccccc7)nc(-c7cccc8c7oc7ccccc78)n6)c5cc43)c(-c3ccccc3)c2)cc1. The Morgan fingerprint density at radius 3 is 1.62 bits per heavy atom. The Morgan fingerprint density at radius 1 is 0.317 bits per heavy atom. The molecule has 0 atom stereocenters. The molecule has 0 fully saturated rings. The van der Waals surface area contributed by atoms with Crippen LogP contribution in [0, 0.1) is 0 Å². The monoisotopic (exact) mass is 805 g/mol. The van der Waals surface area contributed by atoms with E-state index in [4.69, 9.17) is 19.4 Å². The van der Waals surface area contributed by atoms with Crippen LogP contribution in [-0.4, -0.2) is 24.1 Å². The van der Waals surface area contributed by atoms with Gasteiger partial charge in [-0.3, -0.25) is 4.57 Å². The second kappa shape index (κ2) is 14.0. The third-order valence-corrected chi connectivity index (χ3v) is 12.4. The minimum Gasteiger partial charge on any atom is -0.455 e. The van der Waals surface area contributed by atoms with E-state index in [2.05, 4.69) is 167 Å². The van der Waals surface area contributed by atoms with Gasteiger partial charge in [0.15, 0.2) is 11.6 Å². The molecule has 63 heavy (non-hydrogen) atoms. The highest BCUT2D eigenvalue weighted by molar-refractivity contribution is 6.19. The summed E-state index contributed by atoms with van der Waals surface area (Å²) in [5, 5.41) is 6.66. The van der Waals surface area contributed by atoms with Gasteiger partial charge in [0.2, 0.25) is 5.95 Å². The van der Waals surface area contributed by atoms with Crippen molar-refractivity contribution in [2.45, 2.75) is 0 Å². The summed E-state index contributed by atoms with van der Waals surface area (Å²) >= 11 is 0. The molecule has 0 aliphatic carbocycles. The standard InChI is InChI=1S/C57H35N5O/c1-4-17-36(18-5-1)39-31-32-50(45(33-39)37-19-6-2-7-20-37)61-48-28-13-10-23-40(48)46-34-47-41-24-11-14-29-49(41)62(52(47)35-51(46)61)57-59-55(38-21-8-3-9-22-38)58-56(60-57)44-27-16-26-43-42-25-12-15-30-53(42)63-54(43)44/h1-35H. The van der Waals surface area contributed by atoms with Crippen LogP contribution in [0.2, 0.25) is 0 Å². The smallest absolute Gasteiger partial charge is 0.238 e. The summed E-state index contributed by atoms with van der Waals surface area (Å²) in [5.41, 5.74) is 13.2. The summed E-state index contributed by atoms with van der Waals surface area (Å²) in [5.74, 6) is 1.64. The highest BCUT2D eigenvalue weighted by Gasteiger charge is 2.23. The van der Waals surface area contributed by atoms with Crippen LogP contribution >= 0.6 is 0 Å². The van der Waals surface area contributed by atoms with Crippen molar-refractivity contribution >= 4 is 65.6 Å². The van der Waals surface area contributed by atoms with E-state index in [1.165, 1.54) is 21.9 Å². The molecule has 0 N–H and O–H groups in total. The molecule has 0 amide bonds. The van der Waals surface area contributed by atoms with Crippen LogP contribution in [0.4, 0.5) is 0 Å². The largest absolute Gasteiger partial charge is 0.455 e. The summed E-state index contributed by atoms with van der Waals surface area (Å²) in [6.45, 7) is 0. The first-order valence-corrected chi connectivity index (χ1v) is 21.2. The first-order valence-electron chi connectivity index (χ1n) is 21.2. The fraction of sp³-hybridized carbons (Fsp3) is 0. The molecule has 0 aliphatic heterocycles. The van der Waals surface area contributed by atoms with Crippen molar-refractivity contribution in [3.8, 4) is 56.7 Å². The highest BCUT2D eigenvalue weighted by Crippen LogP contribution is 2.43. The number of nitrogens with zero attached hydrogens (tertiary/aromatic N) is 5. The van der Waals surface area contributed by atoms with Crippen molar-refractivity contribution in [3.05, 3.63) is 212 Å². The van der Waals surface area contributed by atoms with Crippen LogP contribution in [0.3, 0.4) is 0 Å². The summed E-state index contributed by atoms with van der Waals surface area (Å²) in [7, 11) is 0. The van der Waals surface area contributed by atoms with Crippen LogP contribution in [0.5, 0.6) is 0 Å². The lowest BCUT2D eigenvalue weighted by Crippen LogP contribution is -2.06. The molecule has 294 valence electrons. The number of hydrogen-bond acceptors (Lipinski definition) is 4. The van der Waals surface area contributed by atoms with E-state index < -0.39 is 0 Å². The van der Waals surface area contributed by atoms with E-state index in [0.717, 1.165) is 82.7 Å². The van der Waals surface area contributed by atoms with E-state index in [0.29, 0.717) is 17.6 Å². The third kappa shape index (κ3) is 5.55. The van der Waals surface area contributed by atoms with Gasteiger partial charge in [-0.25, -0.2) is 4.98 Å². The maximum atomic E-state index is 6.55. The number of para-hydroxylation sites is 4. The number of fused-ring (bicyclic) bond motifs is 9.